The molecule has 1 heterocycles. The summed E-state index contributed by atoms with van der Waals surface area (Å²) in [5.41, 5.74) is 0.980. The molecule has 0 aliphatic carbocycles. The monoisotopic (exact) mass is 398 g/mol. The van der Waals surface area contributed by atoms with E-state index in [4.69, 9.17) is 4.74 Å². The highest BCUT2D eigenvalue weighted by molar-refractivity contribution is 5.82. The van der Waals surface area contributed by atoms with Crippen LogP contribution in [0.1, 0.15) is 18.4 Å². The van der Waals surface area contributed by atoms with Gasteiger partial charge >= 0.3 is 0 Å². The highest BCUT2D eigenvalue weighted by atomic mass is 19.1. The molecular formula is C23H27FN2O3. The third kappa shape index (κ3) is 5.79. The topological polar surface area (TPSA) is 49.9 Å². The molecule has 5 nitrogen and oxygen atoms in total. The average Bonchev–Trinajstić information content (AvgIpc) is 2.75. The minimum atomic E-state index is -0.415. The highest BCUT2D eigenvalue weighted by Crippen LogP contribution is 2.20. The molecule has 1 aliphatic rings. The molecule has 0 N–H and O–H groups in total. The van der Waals surface area contributed by atoms with Crippen molar-refractivity contribution in [1.82, 2.24) is 9.80 Å². The predicted octanol–water partition coefficient (Wildman–Crippen LogP) is 3.14. The molecule has 0 aromatic heterocycles. The first kappa shape index (κ1) is 20.8. The van der Waals surface area contributed by atoms with E-state index < -0.39 is 5.82 Å². The first-order valence-corrected chi connectivity index (χ1v) is 9.98. The van der Waals surface area contributed by atoms with Crippen molar-refractivity contribution in [1.29, 1.82) is 0 Å². The molecule has 2 aromatic carbocycles. The van der Waals surface area contributed by atoms with Gasteiger partial charge in [-0.3, -0.25) is 9.59 Å². The smallest absolute Gasteiger partial charge is 0.227 e. The molecule has 6 heteroatoms. The van der Waals surface area contributed by atoms with Crippen LogP contribution in [0.5, 0.6) is 5.75 Å². The van der Waals surface area contributed by atoms with Crippen molar-refractivity contribution in [2.24, 2.45) is 5.92 Å². The Kier molecular flexibility index (Phi) is 7.22. The number of piperidine rings is 1. The van der Waals surface area contributed by atoms with Crippen LogP contribution in [0.25, 0.3) is 0 Å². The molecule has 2 aromatic rings. The molecule has 0 spiro atoms. The van der Waals surface area contributed by atoms with Crippen LogP contribution >= 0.6 is 0 Å². The minimum absolute atomic E-state index is 0.000607. The Morgan fingerprint density at radius 3 is 2.62 bits per heavy atom. The zero-order valence-electron chi connectivity index (χ0n) is 16.7. The van der Waals surface area contributed by atoms with E-state index in [9.17, 15) is 14.0 Å². The van der Waals surface area contributed by atoms with Gasteiger partial charge in [0.05, 0.1) is 18.9 Å². The first-order chi connectivity index (χ1) is 14.0. The van der Waals surface area contributed by atoms with Crippen LogP contribution < -0.4 is 4.74 Å². The summed E-state index contributed by atoms with van der Waals surface area (Å²) in [6.07, 6.45) is 1.94. The number of carbonyl (C=O) groups excluding carboxylic acids is 2. The van der Waals surface area contributed by atoms with E-state index in [1.807, 2.05) is 30.3 Å². The number of likely N-dealkylation sites (tertiary alicyclic amines) is 1. The Balaban J connectivity index is 1.48. The Labute approximate surface area is 171 Å². The largest absolute Gasteiger partial charge is 0.489 e. The van der Waals surface area contributed by atoms with E-state index in [0.29, 0.717) is 26.1 Å². The van der Waals surface area contributed by atoms with Crippen molar-refractivity contribution in [3.63, 3.8) is 0 Å². The lowest BCUT2D eigenvalue weighted by Gasteiger charge is -2.34. The van der Waals surface area contributed by atoms with Crippen LogP contribution in [0.3, 0.4) is 0 Å². The molecule has 1 unspecified atom stereocenters. The van der Waals surface area contributed by atoms with Gasteiger partial charge < -0.3 is 14.5 Å². The predicted molar refractivity (Wildman–Crippen MR) is 109 cm³/mol. The zero-order valence-corrected chi connectivity index (χ0v) is 16.7. The van der Waals surface area contributed by atoms with Crippen molar-refractivity contribution in [3.05, 3.63) is 66.0 Å². The number of hydrogen-bond donors (Lipinski definition) is 0. The summed E-state index contributed by atoms with van der Waals surface area (Å²) in [7, 11) is 1.72. The van der Waals surface area contributed by atoms with Crippen LogP contribution in [0.15, 0.2) is 54.6 Å². The summed E-state index contributed by atoms with van der Waals surface area (Å²) in [5.74, 6) is -0.384. The van der Waals surface area contributed by atoms with Crippen LogP contribution in [-0.2, 0) is 16.0 Å². The molecule has 1 atom stereocenters. The molecule has 1 saturated heterocycles. The number of halogens is 1. The standard InChI is InChI=1S/C23H27FN2O3/c1-25(14-15-29-21-12-6-5-11-20(21)24)23(28)19-10-7-13-26(17-19)22(27)16-18-8-3-2-4-9-18/h2-6,8-9,11-12,19H,7,10,13-17H2,1H3. The summed E-state index contributed by atoms with van der Waals surface area (Å²) >= 11 is 0. The number of para-hydroxylation sites is 1. The van der Waals surface area contributed by atoms with Gasteiger partial charge in [-0.05, 0) is 30.5 Å². The quantitative estimate of drug-likeness (QED) is 0.720. The number of amides is 2. The van der Waals surface area contributed by atoms with Gasteiger partial charge in [0.2, 0.25) is 11.8 Å². The summed E-state index contributed by atoms with van der Waals surface area (Å²) < 4.78 is 19.0. The summed E-state index contributed by atoms with van der Waals surface area (Å²) in [6.45, 7) is 1.72. The lowest BCUT2D eigenvalue weighted by molar-refractivity contribution is -0.140. The maximum atomic E-state index is 13.6. The van der Waals surface area contributed by atoms with Gasteiger partial charge in [-0.15, -0.1) is 0 Å². The minimum Gasteiger partial charge on any atom is -0.489 e. The summed E-state index contributed by atoms with van der Waals surface area (Å²) in [5, 5.41) is 0. The Bertz CT molecular complexity index is 828. The molecular weight excluding hydrogens is 371 g/mol. The second-order valence-electron chi connectivity index (χ2n) is 7.38. The van der Waals surface area contributed by atoms with Gasteiger partial charge in [-0.1, -0.05) is 42.5 Å². The highest BCUT2D eigenvalue weighted by Gasteiger charge is 2.30. The Morgan fingerprint density at radius 2 is 1.86 bits per heavy atom. The molecule has 0 radical (unpaired) electrons. The van der Waals surface area contributed by atoms with Gasteiger partial charge in [0.15, 0.2) is 11.6 Å². The maximum absolute atomic E-state index is 13.6. The lowest BCUT2D eigenvalue weighted by atomic mass is 9.96. The second kappa shape index (κ2) is 10.0. The number of likely N-dealkylation sites (N-methyl/N-ethyl adjacent to an activating group) is 1. The fourth-order valence-electron chi connectivity index (χ4n) is 3.56. The van der Waals surface area contributed by atoms with E-state index >= 15 is 0 Å². The summed E-state index contributed by atoms with van der Waals surface area (Å²) in [4.78, 5) is 28.8. The van der Waals surface area contributed by atoms with E-state index in [1.54, 1.807) is 35.0 Å². The Morgan fingerprint density at radius 1 is 1.14 bits per heavy atom. The first-order valence-electron chi connectivity index (χ1n) is 9.98. The van der Waals surface area contributed by atoms with Gasteiger partial charge in [0.1, 0.15) is 6.61 Å². The molecule has 3 rings (SSSR count). The lowest BCUT2D eigenvalue weighted by Crippen LogP contribution is -2.46. The molecule has 154 valence electrons. The van der Waals surface area contributed by atoms with Crippen LogP contribution in [0.4, 0.5) is 4.39 Å². The fraction of sp³-hybridized carbons (Fsp3) is 0.391. The molecule has 0 bridgehead atoms. The van der Waals surface area contributed by atoms with Crippen LogP contribution in [-0.4, -0.2) is 54.9 Å². The summed E-state index contributed by atoms with van der Waals surface area (Å²) in [6, 6.07) is 15.9. The molecule has 0 saturated carbocycles. The average molecular weight is 398 g/mol. The number of nitrogens with zero attached hydrogens (tertiary/aromatic N) is 2. The van der Waals surface area contributed by atoms with Gasteiger partial charge in [-0.25, -0.2) is 4.39 Å². The van der Waals surface area contributed by atoms with E-state index in [1.165, 1.54) is 6.07 Å². The van der Waals surface area contributed by atoms with Crippen molar-refractivity contribution >= 4 is 11.8 Å². The number of carbonyl (C=O) groups is 2. The number of hydrogen-bond acceptors (Lipinski definition) is 3. The normalized spacial score (nSPS) is 16.3. The zero-order chi connectivity index (χ0) is 20.6. The Hall–Kier alpha value is -2.89. The van der Waals surface area contributed by atoms with Gasteiger partial charge in [0, 0.05) is 20.1 Å². The number of ether oxygens (including phenoxy) is 1. The van der Waals surface area contributed by atoms with Crippen LogP contribution in [0, 0.1) is 11.7 Å². The van der Waals surface area contributed by atoms with E-state index in [0.717, 1.165) is 18.4 Å². The SMILES string of the molecule is CN(CCOc1ccccc1F)C(=O)C1CCCN(C(=O)Cc2ccccc2)C1. The number of rotatable bonds is 7. The van der Waals surface area contributed by atoms with Crippen LogP contribution in [0.2, 0.25) is 0 Å². The van der Waals surface area contributed by atoms with Crippen molar-refractivity contribution in [3.8, 4) is 5.75 Å². The fourth-order valence-corrected chi connectivity index (χ4v) is 3.56. The van der Waals surface area contributed by atoms with Crippen molar-refractivity contribution < 1.29 is 18.7 Å². The third-order valence-corrected chi connectivity index (χ3v) is 5.22. The number of benzene rings is 2. The molecule has 1 fully saturated rings. The molecule has 1 aliphatic heterocycles. The van der Waals surface area contributed by atoms with Crippen molar-refractivity contribution in [2.75, 3.05) is 33.3 Å². The van der Waals surface area contributed by atoms with Crippen molar-refractivity contribution in [2.45, 2.75) is 19.3 Å². The second-order valence-corrected chi connectivity index (χ2v) is 7.38. The van der Waals surface area contributed by atoms with Gasteiger partial charge in [0.25, 0.3) is 0 Å². The van der Waals surface area contributed by atoms with E-state index in [2.05, 4.69) is 0 Å². The van der Waals surface area contributed by atoms with E-state index in [-0.39, 0.29) is 30.1 Å². The molecule has 29 heavy (non-hydrogen) atoms. The van der Waals surface area contributed by atoms with Gasteiger partial charge in [-0.2, -0.15) is 0 Å². The molecule has 2 amide bonds. The maximum Gasteiger partial charge on any atom is 0.227 e. The third-order valence-electron chi connectivity index (χ3n) is 5.22.